The van der Waals surface area contributed by atoms with Crippen LogP contribution in [0.1, 0.15) is 43.2 Å². The first-order valence-corrected chi connectivity index (χ1v) is 10.7. The van der Waals surface area contributed by atoms with Crippen molar-refractivity contribution in [1.29, 1.82) is 0 Å². The van der Waals surface area contributed by atoms with Crippen LogP contribution in [0.3, 0.4) is 0 Å². The second kappa shape index (κ2) is 8.30. The maximum atomic E-state index is 13.0. The molecule has 1 saturated carbocycles. The first-order chi connectivity index (χ1) is 14.4. The number of aliphatic hydroxyl groups is 1. The number of hydrogen-bond donors (Lipinski definition) is 1. The fourth-order valence-electron chi connectivity index (χ4n) is 4.95. The standard InChI is InChI=1S/C23H30N2O5/c1-29-19-11-16-6-9-24(21(26)13-17(16)12-20(19)30-2)15-22(27)25-10-8-23(28)7-4-3-5-18(23)14-25/h6,9,11-12,18,28H,3-5,7-8,10,13-15H2,1-2H3. The molecule has 30 heavy (non-hydrogen) atoms. The van der Waals surface area contributed by atoms with E-state index in [1.54, 1.807) is 20.4 Å². The Bertz CT molecular complexity index is 867. The number of ether oxygens (including phenoxy) is 2. The van der Waals surface area contributed by atoms with E-state index < -0.39 is 5.60 Å². The summed E-state index contributed by atoms with van der Waals surface area (Å²) in [7, 11) is 3.14. The largest absolute Gasteiger partial charge is 0.493 e. The monoisotopic (exact) mass is 414 g/mol. The number of methoxy groups -OCH3 is 2. The van der Waals surface area contributed by atoms with E-state index in [-0.39, 0.29) is 30.7 Å². The predicted molar refractivity (Wildman–Crippen MR) is 112 cm³/mol. The lowest BCUT2D eigenvalue weighted by molar-refractivity contribution is -0.146. The molecule has 0 spiro atoms. The first-order valence-electron chi connectivity index (χ1n) is 10.7. The van der Waals surface area contributed by atoms with Gasteiger partial charge in [-0.3, -0.25) is 9.59 Å². The first kappa shape index (κ1) is 20.7. The Morgan fingerprint density at radius 3 is 2.73 bits per heavy atom. The van der Waals surface area contributed by atoms with Crippen molar-refractivity contribution in [1.82, 2.24) is 9.80 Å². The molecule has 1 N–H and O–H groups in total. The third-order valence-corrected chi connectivity index (χ3v) is 6.83. The lowest BCUT2D eigenvalue weighted by Gasteiger charge is -2.47. The van der Waals surface area contributed by atoms with Crippen LogP contribution in [0.5, 0.6) is 11.5 Å². The minimum Gasteiger partial charge on any atom is -0.493 e. The third kappa shape index (κ3) is 3.90. The normalized spacial score (nSPS) is 26.0. The maximum Gasteiger partial charge on any atom is 0.242 e. The Labute approximate surface area is 177 Å². The van der Waals surface area contributed by atoms with Crippen molar-refractivity contribution in [3.05, 3.63) is 29.5 Å². The van der Waals surface area contributed by atoms with E-state index in [0.717, 1.165) is 36.8 Å². The highest BCUT2D eigenvalue weighted by molar-refractivity contribution is 5.89. The van der Waals surface area contributed by atoms with Gasteiger partial charge in [0.2, 0.25) is 11.8 Å². The van der Waals surface area contributed by atoms with Crippen LogP contribution < -0.4 is 9.47 Å². The molecular weight excluding hydrogens is 384 g/mol. The fraction of sp³-hybridized carbons (Fsp3) is 0.565. The quantitative estimate of drug-likeness (QED) is 0.817. The van der Waals surface area contributed by atoms with Crippen molar-refractivity contribution in [2.75, 3.05) is 33.9 Å². The van der Waals surface area contributed by atoms with E-state index in [4.69, 9.17) is 9.47 Å². The number of rotatable bonds is 4. The molecule has 1 aromatic rings. The van der Waals surface area contributed by atoms with E-state index in [0.29, 0.717) is 31.0 Å². The van der Waals surface area contributed by atoms with Gasteiger partial charge in [0.15, 0.2) is 11.5 Å². The van der Waals surface area contributed by atoms with Crippen molar-refractivity contribution in [3.8, 4) is 11.5 Å². The Morgan fingerprint density at radius 2 is 1.97 bits per heavy atom. The molecule has 0 radical (unpaired) electrons. The molecule has 2 fully saturated rings. The number of carbonyl (C=O) groups is 2. The number of nitrogens with zero attached hydrogens (tertiary/aromatic N) is 2. The molecule has 2 heterocycles. The van der Waals surface area contributed by atoms with Gasteiger partial charge >= 0.3 is 0 Å². The number of piperidine rings is 1. The lowest BCUT2D eigenvalue weighted by Crippen LogP contribution is -2.56. The lowest BCUT2D eigenvalue weighted by atomic mass is 9.71. The van der Waals surface area contributed by atoms with Gasteiger partial charge in [0.05, 0.1) is 26.2 Å². The molecule has 162 valence electrons. The number of carbonyl (C=O) groups excluding carboxylic acids is 2. The summed E-state index contributed by atoms with van der Waals surface area (Å²) in [4.78, 5) is 29.1. The number of likely N-dealkylation sites (tertiary alicyclic amines) is 1. The van der Waals surface area contributed by atoms with Crippen LogP contribution in [-0.4, -0.2) is 66.2 Å². The van der Waals surface area contributed by atoms with Crippen LogP contribution in [-0.2, 0) is 16.0 Å². The van der Waals surface area contributed by atoms with E-state index in [9.17, 15) is 14.7 Å². The van der Waals surface area contributed by atoms with E-state index in [1.807, 2.05) is 23.1 Å². The molecule has 2 amide bonds. The van der Waals surface area contributed by atoms with Crippen LogP contribution in [0.2, 0.25) is 0 Å². The summed E-state index contributed by atoms with van der Waals surface area (Å²) < 4.78 is 10.7. The average molecular weight is 415 g/mol. The highest BCUT2D eigenvalue weighted by atomic mass is 16.5. The molecule has 1 saturated heterocycles. The van der Waals surface area contributed by atoms with Crippen molar-refractivity contribution in [2.45, 2.75) is 44.1 Å². The zero-order chi connectivity index (χ0) is 21.3. The molecule has 0 bridgehead atoms. The summed E-state index contributed by atoms with van der Waals surface area (Å²) >= 11 is 0. The predicted octanol–water partition coefficient (Wildman–Crippen LogP) is 2.21. The van der Waals surface area contributed by atoms with Crippen molar-refractivity contribution in [3.63, 3.8) is 0 Å². The summed E-state index contributed by atoms with van der Waals surface area (Å²) in [6, 6.07) is 3.66. The fourth-order valence-corrected chi connectivity index (χ4v) is 4.95. The summed E-state index contributed by atoms with van der Waals surface area (Å²) in [5, 5.41) is 10.8. The van der Waals surface area contributed by atoms with Crippen LogP contribution in [0.25, 0.3) is 6.08 Å². The average Bonchev–Trinajstić information content (AvgIpc) is 2.90. The molecule has 2 unspecified atom stereocenters. The zero-order valence-electron chi connectivity index (χ0n) is 17.7. The highest BCUT2D eigenvalue weighted by Gasteiger charge is 2.43. The highest BCUT2D eigenvalue weighted by Crippen LogP contribution is 2.40. The second-order valence-corrected chi connectivity index (χ2v) is 8.56. The number of benzene rings is 1. The molecule has 3 aliphatic rings. The van der Waals surface area contributed by atoms with Gasteiger partial charge in [-0.1, -0.05) is 12.8 Å². The van der Waals surface area contributed by atoms with Gasteiger partial charge in [0, 0.05) is 25.2 Å². The summed E-state index contributed by atoms with van der Waals surface area (Å²) in [5.41, 5.74) is 1.10. The topological polar surface area (TPSA) is 79.3 Å². The third-order valence-electron chi connectivity index (χ3n) is 6.83. The van der Waals surface area contributed by atoms with Gasteiger partial charge in [-0.15, -0.1) is 0 Å². The summed E-state index contributed by atoms with van der Waals surface area (Å²) in [5.74, 6) is 1.13. The SMILES string of the molecule is COc1cc2c(cc1OC)CC(=O)N(CC(=O)N1CCC3(O)CCCCC3C1)C=C2. The molecule has 1 aliphatic carbocycles. The van der Waals surface area contributed by atoms with Crippen LogP contribution >= 0.6 is 0 Å². The zero-order valence-corrected chi connectivity index (χ0v) is 17.7. The van der Waals surface area contributed by atoms with Crippen LogP contribution in [0.15, 0.2) is 18.3 Å². The van der Waals surface area contributed by atoms with E-state index in [1.165, 1.54) is 4.90 Å². The van der Waals surface area contributed by atoms with Crippen LogP contribution in [0, 0.1) is 5.92 Å². The van der Waals surface area contributed by atoms with Crippen molar-refractivity contribution < 1.29 is 24.2 Å². The van der Waals surface area contributed by atoms with Gasteiger partial charge in [-0.05, 0) is 48.6 Å². The van der Waals surface area contributed by atoms with Gasteiger partial charge in [0.25, 0.3) is 0 Å². The van der Waals surface area contributed by atoms with Gasteiger partial charge in [-0.25, -0.2) is 0 Å². The number of fused-ring (bicyclic) bond motifs is 2. The molecule has 4 rings (SSSR count). The molecular formula is C23H30N2O5. The Hall–Kier alpha value is -2.54. The molecule has 2 atom stereocenters. The van der Waals surface area contributed by atoms with Gasteiger partial charge < -0.3 is 24.4 Å². The second-order valence-electron chi connectivity index (χ2n) is 8.56. The molecule has 2 aliphatic heterocycles. The van der Waals surface area contributed by atoms with Crippen molar-refractivity contribution >= 4 is 17.9 Å². The smallest absolute Gasteiger partial charge is 0.242 e. The number of amides is 2. The summed E-state index contributed by atoms with van der Waals surface area (Å²) in [6.07, 6.45) is 8.29. The number of hydrogen-bond acceptors (Lipinski definition) is 5. The maximum absolute atomic E-state index is 13.0. The van der Waals surface area contributed by atoms with E-state index >= 15 is 0 Å². The minimum absolute atomic E-state index is 0.0166. The molecule has 7 heteroatoms. The van der Waals surface area contributed by atoms with Crippen LogP contribution in [0.4, 0.5) is 0 Å². The minimum atomic E-state index is -0.618. The Balaban J connectivity index is 1.45. The van der Waals surface area contributed by atoms with Gasteiger partial charge in [0.1, 0.15) is 6.54 Å². The van der Waals surface area contributed by atoms with Crippen molar-refractivity contribution in [2.24, 2.45) is 5.92 Å². The van der Waals surface area contributed by atoms with E-state index in [2.05, 4.69) is 0 Å². The Morgan fingerprint density at radius 1 is 1.20 bits per heavy atom. The molecule has 0 aromatic heterocycles. The Kier molecular flexibility index (Phi) is 5.73. The molecule has 1 aromatic carbocycles. The van der Waals surface area contributed by atoms with Gasteiger partial charge in [-0.2, -0.15) is 0 Å². The summed E-state index contributed by atoms with van der Waals surface area (Å²) in [6.45, 7) is 1.14. The molecule has 7 nitrogen and oxygen atoms in total.